The molecule has 4 atom stereocenters. The fourth-order valence-corrected chi connectivity index (χ4v) is 3.50. The zero-order valence-corrected chi connectivity index (χ0v) is 20.0. The van der Waals surface area contributed by atoms with Crippen molar-refractivity contribution >= 4 is 46.5 Å². The number of hydrogen-bond donors (Lipinski definition) is 8. The van der Waals surface area contributed by atoms with Crippen LogP contribution in [0.3, 0.4) is 0 Å². The van der Waals surface area contributed by atoms with Gasteiger partial charge in [0.25, 0.3) is 0 Å². The van der Waals surface area contributed by atoms with Gasteiger partial charge in [-0.1, -0.05) is 18.2 Å². The summed E-state index contributed by atoms with van der Waals surface area (Å²) in [5, 5.41) is 26.0. The first-order valence-electron chi connectivity index (χ1n) is 11.3. The second-order valence-electron chi connectivity index (χ2n) is 8.46. The van der Waals surface area contributed by atoms with Crippen molar-refractivity contribution in [2.45, 2.75) is 56.8 Å². The SMILES string of the molecule is CC(NC(=O)C(CC(N)=O)NC(=O)C(N)CCC(=O)O)C(=O)NC(Cc1c[nH]c2ccccc12)C(=O)O. The van der Waals surface area contributed by atoms with E-state index in [4.69, 9.17) is 16.6 Å². The number of benzene rings is 1. The van der Waals surface area contributed by atoms with Gasteiger partial charge >= 0.3 is 11.9 Å². The minimum atomic E-state index is -1.49. The summed E-state index contributed by atoms with van der Waals surface area (Å²) >= 11 is 0. The lowest BCUT2D eigenvalue weighted by Crippen LogP contribution is -2.57. The topological polar surface area (TPSA) is 247 Å². The average molecular weight is 519 g/mol. The number of fused-ring (bicyclic) bond motifs is 1. The third kappa shape index (κ3) is 8.61. The van der Waals surface area contributed by atoms with Crippen LogP contribution >= 0.6 is 0 Å². The number of amides is 4. The van der Waals surface area contributed by atoms with Crippen LogP contribution in [0.1, 0.15) is 31.7 Å². The predicted octanol–water partition coefficient (Wildman–Crippen LogP) is -1.66. The number of primary amides is 1. The number of aromatic nitrogens is 1. The maximum atomic E-state index is 12.7. The number of aliphatic carboxylic acids is 2. The second kappa shape index (κ2) is 13.0. The van der Waals surface area contributed by atoms with Gasteiger partial charge in [0.15, 0.2) is 0 Å². The summed E-state index contributed by atoms with van der Waals surface area (Å²) in [6.45, 7) is 1.29. The highest BCUT2D eigenvalue weighted by molar-refractivity contribution is 5.96. The van der Waals surface area contributed by atoms with Crippen LogP contribution < -0.4 is 27.4 Å². The van der Waals surface area contributed by atoms with E-state index in [1.807, 2.05) is 18.2 Å². The molecule has 0 aliphatic heterocycles. The molecule has 0 bridgehead atoms. The number of carboxylic acids is 2. The number of rotatable bonds is 14. The number of para-hydroxylation sites is 1. The van der Waals surface area contributed by atoms with Crippen LogP contribution in [-0.2, 0) is 35.2 Å². The normalized spacial score (nSPS) is 14.1. The molecule has 4 unspecified atom stereocenters. The van der Waals surface area contributed by atoms with Crippen molar-refractivity contribution in [3.05, 3.63) is 36.0 Å². The van der Waals surface area contributed by atoms with E-state index >= 15 is 0 Å². The molecule has 10 N–H and O–H groups in total. The first-order chi connectivity index (χ1) is 17.4. The van der Waals surface area contributed by atoms with Crippen LogP contribution in [-0.4, -0.2) is 74.9 Å². The highest BCUT2D eigenvalue weighted by Gasteiger charge is 2.29. The monoisotopic (exact) mass is 518 g/mol. The molecular formula is C23H30N6O8. The molecule has 1 heterocycles. The number of H-pyrrole nitrogens is 1. The minimum absolute atomic E-state index is 0.0274. The summed E-state index contributed by atoms with van der Waals surface area (Å²) < 4.78 is 0. The van der Waals surface area contributed by atoms with E-state index in [1.54, 1.807) is 12.3 Å². The van der Waals surface area contributed by atoms with E-state index in [0.29, 0.717) is 5.56 Å². The molecule has 200 valence electrons. The number of nitrogens with one attached hydrogen (secondary N) is 4. The van der Waals surface area contributed by atoms with Gasteiger partial charge in [-0.05, 0) is 25.0 Å². The maximum absolute atomic E-state index is 12.7. The van der Waals surface area contributed by atoms with Crippen LogP contribution in [0.4, 0.5) is 0 Å². The highest BCUT2D eigenvalue weighted by Crippen LogP contribution is 2.19. The molecule has 0 radical (unpaired) electrons. The molecule has 1 aromatic carbocycles. The highest BCUT2D eigenvalue weighted by atomic mass is 16.4. The molecule has 0 spiro atoms. The first kappa shape index (κ1) is 28.8. The molecule has 0 saturated carbocycles. The fraction of sp³-hybridized carbons (Fsp3) is 0.391. The third-order valence-electron chi connectivity index (χ3n) is 5.51. The molecule has 14 heteroatoms. The van der Waals surface area contributed by atoms with Gasteiger partial charge in [0.2, 0.25) is 23.6 Å². The Hall–Kier alpha value is -4.46. The Morgan fingerprint density at radius 1 is 0.946 bits per heavy atom. The van der Waals surface area contributed by atoms with Gasteiger partial charge in [-0.2, -0.15) is 0 Å². The van der Waals surface area contributed by atoms with Crippen molar-refractivity contribution in [2.24, 2.45) is 11.5 Å². The predicted molar refractivity (Wildman–Crippen MR) is 130 cm³/mol. The first-order valence-corrected chi connectivity index (χ1v) is 11.3. The lowest BCUT2D eigenvalue weighted by Gasteiger charge is -2.23. The van der Waals surface area contributed by atoms with E-state index in [-0.39, 0.29) is 19.3 Å². The number of carbonyl (C=O) groups is 6. The van der Waals surface area contributed by atoms with Crippen molar-refractivity contribution in [2.75, 3.05) is 0 Å². The van der Waals surface area contributed by atoms with E-state index < -0.39 is 66.2 Å². The van der Waals surface area contributed by atoms with Crippen LogP contribution in [0.25, 0.3) is 10.9 Å². The Morgan fingerprint density at radius 2 is 1.59 bits per heavy atom. The Bertz CT molecular complexity index is 1180. The average Bonchev–Trinajstić information content (AvgIpc) is 3.23. The van der Waals surface area contributed by atoms with Gasteiger partial charge < -0.3 is 42.6 Å². The summed E-state index contributed by atoms with van der Waals surface area (Å²) in [6.07, 6.45) is 0.409. The lowest BCUT2D eigenvalue weighted by atomic mass is 10.0. The summed E-state index contributed by atoms with van der Waals surface area (Å²) in [6, 6.07) is 1.95. The Kier molecular flexibility index (Phi) is 10.1. The number of aromatic amines is 1. The molecule has 0 saturated heterocycles. The Labute approximate surface area is 211 Å². The minimum Gasteiger partial charge on any atom is -0.481 e. The summed E-state index contributed by atoms with van der Waals surface area (Å²) in [5.74, 6) is -6.03. The number of hydrogen-bond acceptors (Lipinski definition) is 7. The lowest BCUT2D eigenvalue weighted by molar-refractivity contribution is -0.142. The van der Waals surface area contributed by atoms with E-state index in [9.17, 15) is 33.9 Å². The molecule has 2 rings (SSSR count). The van der Waals surface area contributed by atoms with E-state index in [2.05, 4.69) is 20.9 Å². The summed E-state index contributed by atoms with van der Waals surface area (Å²) in [5.41, 5.74) is 12.2. The second-order valence-corrected chi connectivity index (χ2v) is 8.46. The molecule has 1 aromatic heterocycles. The third-order valence-corrected chi connectivity index (χ3v) is 5.51. The molecule has 0 aliphatic rings. The van der Waals surface area contributed by atoms with Crippen molar-refractivity contribution in [3.8, 4) is 0 Å². The van der Waals surface area contributed by atoms with Crippen molar-refractivity contribution in [1.29, 1.82) is 0 Å². The number of carboxylic acid groups (broad SMARTS) is 2. The molecule has 4 amide bonds. The van der Waals surface area contributed by atoms with Gasteiger partial charge in [-0.15, -0.1) is 0 Å². The summed E-state index contributed by atoms with van der Waals surface area (Å²) in [7, 11) is 0. The van der Waals surface area contributed by atoms with Crippen LogP contribution in [0, 0.1) is 0 Å². The molecule has 0 aliphatic carbocycles. The van der Waals surface area contributed by atoms with Gasteiger partial charge in [-0.3, -0.25) is 24.0 Å². The fourth-order valence-electron chi connectivity index (χ4n) is 3.50. The molecule has 2 aromatic rings. The Balaban J connectivity index is 2.02. The van der Waals surface area contributed by atoms with Crippen molar-refractivity contribution in [1.82, 2.24) is 20.9 Å². The van der Waals surface area contributed by atoms with Crippen molar-refractivity contribution in [3.63, 3.8) is 0 Å². The van der Waals surface area contributed by atoms with Gasteiger partial charge in [-0.25, -0.2) is 4.79 Å². The zero-order valence-electron chi connectivity index (χ0n) is 20.0. The molecular weight excluding hydrogens is 488 g/mol. The largest absolute Gasteiger partial charge is 0.481 e. The zero-order chi connectivity index (χ0) is 27.7. The smallest absolute Gasteiger partial charge is 0.326 e. The number of carbonyl (C=O) groups excluding carboxylic acids is 4. The van der Waals surface area contributed by atoms with E-state index in [1.165, 1.54) is 6.92 Å². The van der Waals surface area contributed by atoms with Crippen LogP contribution in [0.5, 0.6) is 0 Å². The Morgan fingerprint density at radius 3 is 2.22 bits per heavy atom. The van der Waals surface area contributed by atoms with Gasteiger partial charge in [0.05, 0.1) is 12.5 Å². The standard InChI is InChI=1S/C23H30N6O8/c1-11(27-22(35)16(9-18(25)30)28-21(34)14(24)6-7-19(31)32)20(33)29-17(23(36)37)8-12-10-26-15-5-3-2-4-13(12)15/h2-5,10-11,14,16-17,26H,6-9,24H2,1H3,(H2,25,30)(H,27,35)(H,28,34)(H,29,33)(H,31,32)(H,36,37). The number of nitrogens with two attached hydrogens (primary N) is 2. The van der Waals surface area contributed by atoms with E-state index in [0.717, 1.165) is 10.9 Å². The quantitative estimate of drug-likeness (QED) is 0.142. The molecule has 14 nitrogen and oxygen atoms in total. The van der Waals surface area contributed by atoms with Crippen LogP contribution in [0.2, 0.25) is 0 Å². The van der Waals surface area contributed by atoms with Gasteiger partial charge in [0, 0.05) is 29.9 Å². The summed E-state index contributed by atoms with van der Waals surface area (Å²) in [4.78, 5) is 74.4. The van der Waals surface area contributed by atoms with Crippen molar-refractivity contribution < 1.29 is 39.0 Å². The maximum Gasteiger partial charge on any atom is 0.326 e. The van der Waals surface area contributed by atoms with Gasteiger partial charge in [0.1, 0.15) is 18.1 Å². The van der Waals surface area contributed by atoms with Crippen LogP contribution in [0.15, 0.2) is 30.5 Å². The molecule has 0 fully saturated rings. The molecule has 37 heavy (non-hydrogen) atoms.